The fourth-order valence-corrected chi connectivity index (χ4v) is 1.74. The summed E-state index contributed by atoms with van der Waals surface area (Å²) >= 11 is 0. The lowest BCUT2D eigenvalue weighted by Crippen LogP contribution is -2.23. The van der Waals surface area contributed by atoms with Gasteiger partial charge in [0, 0.05) is 20.2 Å². The number of hydrogen-bond acceptors (Lipinski definition) is 3. The van der Waals surface area contributed by atoms with Crippen LogP contribution < -0.4 is 10.1 Å². The van der Waals surface area contributed by atoms with E-state index in [1.165, 1.54) is 11.1 Å². The van der Waals surface area contributed by atoms with Gasteiger partial charge < -0.3 is 14.8 Å². The highest BCUT2D eigenvalue weighted by Gasteiger charge is 2.03. The van der Waals surface area contributed by atoms with Crippen LogP contribution in [0.3, 0.4) is 0 Å². The molecule has 1 aromatic carbocycles. The first kappa shape index (κ1) is 15.7. The molecule has 106 valence electrons. The molecule has 0 spiro atoms. The van der Waals surface area contributed by atoms with Gasteiger partial charge in [-0.1, -0.05) is 37.6 Å². The minimum absolute atomic E-state index is 0.525. The summed E-state index contributed by atoms with van der Waals surface area (Å²) in [5.74, 6) is 1.42. The summed E-state index contributed by atoms with van der Waals surface area (Å²) < 4.78 is 10.2. The maximum Gasteiger partial charge on any atom is 0.118 e. The van der Waals surface area contributed by atoms with Crippen LogP contribution in [0.1, 0.15) is 19.4 Å². The van der Waals surface area contributed by atoms with Crippen LogP contribution >= 0.6 is 0 Å². The van der Waals surface area contributed by atoms with E-state index in [2.05, 4.69) is 37.4 Å². The van der Waals surface area contributed by atoms with Gasteiger partial charge >= 0.3 is 0 Å². The van der Waals surface area contributed by atoms with Crippen LogP contribution in [-0.4, -0.2) is 33.9 Å². The van der Waals surface area contributed by atoms with E-state index in [0.29, 0.717) is 5.92 Å². The van der Waals surface area contributed by atoms with E-state index in [4.69, 9.17) is 9.47 Å². The van der Waals surface area contributed by atoms with Gasteiger partial charge in [-0.3, -0.25) is 0 Å². The summed E-state index contributed by atoms with van der Waals surface area (Å²) in [5.41, 5.74) is 2.60. The van der Waals surface area contributed by atoms with Crippen molar-refractivity contribution in [1.82, 2.24) is 5.32 Å². The number of methoxy groups -OCH3 is 2. The Morgan fingerprint density at radius 2 is 1.89 bits per heavy atom. The van der Waals surface area contributed by atoms with Crippen LogP contribution in [-0.2, 0) is 4.74 Å². The molecule has 0 saturated carbocycles. The Morgan fingerprint density at radius 1 is 1.21 bits per heavy atom. The molecule has 19 heavy (non-hydrogen) atoms. The average molecular weight is 263 g/mol. The lowest BCUT2D eigenvalue weighted by Gasteiger charge is -2.13. The summed E-state index contributed by atoms with van der Waals surface area (Å²) in [5, 5.41) is 3.39. The molecule has 0 saturated heterocycles. The van der Waals surface area contributed by atoms with E-state index in [1.807, 2.05) is 12.1 Å². The maximum absolute atomic E-state index is 5.17. The van der Waals surface area contributed by atoms with Crippen molar-refractivity contribution in [3.05, 3.63) is 35.4 Å². The van der Waals surface area contributed by atoms with Crippen molar-refractivity contribution in [3.63, 3.8) is 0 Å². The molecule has 1 aromatic rings. The summed E-state index contributed by atoms with van der Waals surface area (Å²) in [6.45, 7) is 6.95. The van der Waals surface area contributed by atoms with Gasteiger partial charge in [0.25, 0.3) is 0 Å². The van der Waals surface area contributed by atoms with Crippen molar-refractivity contribution in [1.29, 1.82) is 0 Å². The highest BCUT2D eigenvalue weighted by atomic mass is 16.5. The summed E-state index contributed by atoms with van der Waals surface area (Å²) in [4.78, 5) is 0. The number of rotatable bonds is 8. The quantitative estimate of drug-likeness (QED) is 0.731. The fourth-order valence-electron chi connectivity index (χ4n) is 1.74. The molecular formula is C16H25NO2. The van der Waals surface area contributed by atoms with Crippen LogP contribution in [0.15, 0.2) is 29.8 Å². The first-order chi connectivity index (χ1) is 9.17. The van der Waals surface area contributed by atoms with Crippen LogP contribution in [0.25, 0.3) is 6.08 Å². The molecule has 0 radical (unpaired) electrons. The predicted octanol–water partition coefficient (Wildman–Crippen LogP) is 2.97. The van der Waals surface area contributed by atoms with E-state index in [1.54, 1.807) is 14.2 Å². The van der Waals surface area contributed by atoms with E-state index >= 15 is 0 Å². The molecule has 3 nitrogen and oxygen atoms in total. The molecule has 0 fully saturated rings. The van der Waals surface area contributed by atoms with Crippen LogP contribution in [0.5, 0.6) is 5.75 Å². The first-order valence-corrected chi connectivity index (χ1v) is 6.71. The zero-order valence-electron chi connectivity index (χ0n) is 12.4. The van der Waals surface area contributed by atoms with Crippen molar-refractivity contribution in [2.45, 2.75) is 13.8 Å². The van der Waals surface area contributed by atoms with Gasteiger partial charge in [-0.05, 0) is 23.6 Å². The Balaban J connectivity index is 2.65. The lowest BCUT2D eigenvalue weighted by molar-refractivity contribution is 0.200. The van der Waals surface area contributed by atoms with Gasteiger partial charge in [-0.15, -0.1) is 0 Å². The van der Waals surface area contributed by atoms with E-state index in [9.17, 15) is 0 Å². The lowest BCUT2D eigenvalue weighted by atomic mass is 10.00. The fraction of sp³-hybridized carbons (Fsp3) is 0.500. The molecule has 0 bridgehead atoms. The smallest absolute Gasteiger partial charge is 0.118 e. The molecule has 0 unspecified atom stereocenters. The zero-order valence-corrected chi connectivity index (χ0v) is 12.4. The van der Waals surface area contributed by atoms with Crippen molar-refractivity contribution in [2.24, 2.45) is 5.92 Å². The van der Waals surface area contributed by atoms with E-state index in [-0.39, 0.29) is 0 Å². The van der Waals surface area contributed by atoms with Gasteiger partial charge in [0.1, 0.15) is 5.75 Å². The molecule has 0 amide bonds. The molecule has 0 aliphatic heterocycles. The second-order valence-corrected chi connectivity index (χ2v) is 4.82. The molecule has 1 N–H and O–H groups in total. The molecule has 3 heteroatoms. The first-order valence-electron chi connectivity index (χ1n) is 6.71. The molecule has 0 aromatic heterocycles. The van der Waals surface area contributed by atoms with Gasteiger partial charge in [0.05, 0.1) is 13.7 Å². The minimum Gasteiger partial charge on any atom is -0.497 e. The third-order valence-corrected chi connectivity index (χ3v) is 3.02. The summed E-state index contributed by atoms with van der Waals surface area (Å²) in [6, 6.07) is 8.14. The van der Waals surface area contributed by atoms with Crippen molar-refractivity contribution in [3.8, 4) is 5.75 Å². The second kappa shape index (κ2) is 8.73. The Kier molecular flexibility index (Phi) is 7.23. The second-order valence-electron chi connectivity index (χ2n) is 4.82. The molecule has 0 aliphatic rings. The van der Waals surface area contributed by atoms with Crippen molar-refractivity contribution < 1.29 is 9.47 Å². The Bertz CT molecular complexity index is 382. The third kappa shape index (κ3) is 5.90. The van der Waals surface area contributed by atoms with Crippen LogP contribution in [0.2, 0.25) is 0 Å². The number of hydrogen-bond donors (Lipinski definition) is 1. The summed E-state index contributed by atoms with van der Waals surface area (Å²) in [7, 11) is 3.41. The number of ether oxygens (including phenoxy) is 2. The minimum atomic E-state index is 0.525. The normalized spacial score (nSPS) is 11.9. The molecular weight excluding hydrogens is 238 g/mol. The Hall–Kier alpha value is -1.32. The molecule has 0 heterocycles. The van der Waals surface area contributed by atoms with Crippen molar-refractivity contribution >= 4 is 6.08 Å². The molecule has 0 aliphatic carbocycles. The number of nitrogens with one attached hydrogen (secondary N) is 1. The largest absolute Gasteiger partial charge is 0.497 e. The van der Waals surface area contributed by atoms with Crippen LogP contribution in [0.4, 0.5) is 0 Å². The van der Waals surface area contributed by atoms with Gasteiger partial charge in [-0.2, -0.15) is 0 Å². The van der Waals surface area contributed by atoms with E-state index in [0.717, 1.165) is 25.4 Å². The third-order valence-electron chi connectivity index (χ3n) is 3.02. The average Bonchev–Trinajstić information content (AvgIpc) is 2.42. The van der Waals surface area contributed by atoms with Crippen molar-refractivity contribution in [2.75, 3.05) is 33.9 Å². The highest BCUT2D eigenvalue weighted by Crippen LogP contribution is 2.17. The SMILES string of the molecule is COCCNCC(=Cc1ccc(OC)cc1)C(C)C. The standard InChI is InChI=1S/C16H25NO2/c1-13(2)15(12-17-9-10-18-3)11-14-5-7-16(19-4)8-6-14/h5-8,11,13,17H,9-10,12H2,1-4H3. The highest BCUT2D eigenvalue weighted by molar-refractivity contribution is 5.54. The molecule has 0 atom stereocenters. The predicted molar refractivity (Wildman–Crippen MR) is 80.6 cm³/mol. The number of benzene rings is 1. The summed E-state index contributed by atoms with van der Waals surface area (Å²) in [6.07, 6.45) is 2.24. The Labute approximate surface area is 116 Å². The van der Waals surface area contributed by atoms with E-state index < -0.39 is 0 Å². The zero-order chi connectivity index (χ0) is 14.1. The van der Waals surface area contributed by atoms with Gasteiger partial charge in [0.2, 0.25) is 0 Å². The van der Waals surface area contributed by atoms with Gasteiger partial charge in [-0.25, -0.2) is 0 Å². The topological polar surface area (TPSA) is 30.5 Å². The van der Waals surface area contributed by atoms with Gasteiger partial charge in [0.15, 0.2) is 0 Å². The Morgan fingerprint density at radius 3 is 2.42 bits per heavy atom. The monoisotopic (exact) mass is 263 g/mol. The maximum atomic E-state index is 5.17. The molecule has 1 rings (SSSR count). The van der Waals surface area contributed by atoms with Crippen LogP contribution in [0, 0.1) is 5.92 Å².